The average molecular weight is 267 g/mol. The van der Waals surface area contributed by atoms with Crippen LogP contribution in [0, 0.1) is 0 Å². The Morgan fingerprint density at radius 3 is 2.76 bits per heavy atom. The number of nitrogens with one attached hydrogen (secondary N) is 1. The monoisotopic (exact) mass is 266 g/mol. The van der Waals surface area contributed by atoms with Gasteiger partial charge in [-0.15, -0.1) is 11.3 Å². The van der Waals surface area contributed by atoms with Crippen molar-refractivity contribution >= 4 is 34.0 Å². The van der Waals surface area contributed by atoms with Crippen molar-refractivity contribution in [3.63, 3.8) is 0 Å². The Morgan fingerprint density at radius 1 is 1.41 bits per heavy atom. The maximum atomic E-state index is 11.2. The van der Waals surface area contributed by atoms with Crippen LogP contribution in [0.15, 0.2) is 29.6 Å². The Morgan fingerprint density at radius 2 is 2.12 bits per heavy atom. The maximum absolute atomic E-state index is 11.2. The zero-order chi connectivity index (χ0) is 12.3. The standard InChI is InChI=1S/C12H11ClN2OS/c1-2-11(16)15-12-14-10(7-17-12)8-3-5-9(13)6-4-8/h3-7H,2H2,1H3,(H,14,15,16). The Bertz CT molecular complexity index is 522. The average Bonchev–Trinajstić information content (AvgIpc) is 2.78. The fourth-order valence-electron chi connectivity index (χ4n) is 1.29. The number of nitrogens with zero attached hydrogens (tertiary/aromatic N) is 1. The summed E-state index contributed by atoms with van der Waals surface area (Å²) in [5.41, 5.74) is 1.83. The molecule has 1 N–H and O–H groups in total. The Labute approximate surface area is 108 Å². The molecule has 3 nitrogen and oxygen atoms in total. The number of aromatic nitrogens is 1. The molecule has 0 radical (unpaired) electrons. The summed E-state index contributed by atoms with van der Waals surface area (Å²) < 4.78 is 0. The van der Waals surface area contributed by atoms with E-state index in [0.717, 1.165) is 11.3 Å². The van der Waals surface area contributed by atoms with Crippen molar-refractivity contribution in [3.05, 3.63) is 34.7 Å². The zero-order valence-electron chi connectivity index (χ0n) is 9.24. The summed E-state index contributed by atoms with van der Waals surface area (Å²) in [5.74, 6) is -0.0259. The second-order valence-corrected chi connectivity index (χ2v) is 4.74. The van der Waals surface area contributed by atoms with Crippen LogP contribution in [-0.4, -0.2) is 10.9 Å². The van der Waals surface area contributed by atoms with Gasteiger partial charge in [0.2, 0.25) is 5.91 Å². The number of hydrogen-bond donors (Lipinski definition) is 1. The highest BCUT2D eigenvalue weighted by Crippen LogP contribution is 2.25. The van der Waals surface area contributed by atoms with Gasteiger partial charge in [-0.3, -0.25) is 4.79 Å². The van der Waals surface area contributed by atoms with Crippen molar-refractivity contribution in [1.29, 1.82) is 0 Å². The molecule has 0 unspecified atom stereocenters. The molecule has 1 heterocycles. The van der Waals surface area contributed by atoms with E-state index in [1.165, 1.54) is 11.3 Å². The van der Waals surface area contributed by atoms with Gasteiger partial charge in [0, 0.05) is 22.4 Å². The van der Waals surface area contributed by atoms with Crippen LogP contribution >= 0.6 is 22.9 Å². The minimum absolute atomic E-state index is 0.0259. The fraction of sp³-hybridized carbons (Fsp3) is 0.167. The summed E-state index contributed by atoms with van der Waals surface area (Å²) in [5, 5.41) is 5.97. The number of halogens is 1. The molecule has 0 aliphatic heterocycles. The van der Waals surface area contributed by atoms with Crippen LogP contribution in [0.4, 0.5) is 5.13 Å². The number of carbonyl (C=O) groups excluding carboxylic acids is 1. The largest absolute Gasteiger partial charge is 0.302 e. The third-order valence-electron chi connectivity index (χ3n) is 2.21. The lowest BCUT2D eigenvalue weighted by molar-refractivity contribution is -0.115. The van der Waals surface area contributed by atoms with E-state index < -0.39 is 0 Å². The zero-order valence-corrected chi connectivity index (χ0v) is 10.8. The van der Waals surface area contributed by atoms with E-state index in [2.05, 4.69) is 10.3 Å². The van der Waals surface area contributed by atoms with Gasteiger partial charge < -0.3 is 5.32 Å². The van der Waals surface area contributed by atoms with Crippen LogP contribution in [0.1, 0.15) is 13.3 Å². The molecule has 0 bridgehead atoms. The highest BCUT2D eigenvalue weighted by atomic mass is 35.5. The van der Waals surface area contributed by atoms with Gasteiger partial charge in [-0.2, -0.15) is 0 Å². The Hall–Kier alpha value is -1.39. The van der Waals surface area contributed by atoms with Gasteiger partial charge in [-0.25, -0.2) is 4.98 Å². The molecule has 0 aliphatic carbocycles. The molecule has 0 atom stereocenters. The molecule has 0 fully saturated rings. The van der Waals surface area contributed by atoms with Crippen molar-refractivity contribution in [2.45, 2.75) is 13.3 Å². The van der Waals surface area contributed by atoms with E-state index in [0.29, 0.717) is 16.6 Å². The van der Waals surface area contributed by atoms with Crippen LogP contribution in [0.5, 0.6) is 0 Å². The van der Waals surface area contributed by atoms with E-state index >= 15 is 0 Å². The number of carbonyl (C=O) groups is 1. The topological polar surface area (TPSA) is 42.0 Å². The number of anilines is 1. The summed E-state index contributed by atoms with van der Waals surface area (Å²) in [7, 11) is 0. The van der Waals surface area contributed by atoms with Gasteiger partial charge in [0.1, 0.15) is 0 Å². The quantitative estimate of drug-likeness (QED) is 0.918. The van der Waals surface area contributed by atoms with Crippen molar-refractivity contribution in [2.24, 2.45) is 0 Å². The first-order chi connectivity index (χ1) is 8.19. The van der Waals surface area contributed by atoms with E-state index in [1.54, 1.807) is 0 Å². The highest BCUT2D eigenvalue weighted by molar-refractivity contribution is 7.14. The third kappa shape index (κ3) is 3.05. The van der Waals surface area contributed by atoms with Gasteiger partial charge >= 0.3 is 0 Å². The molecule has 0 spiro atoms. The minimum Gasteiger partial charge on any atom is -0.302 e. The predicted molar refractivity (Wildman–Crippen MR) is 71.5 cm³/mol. The number of hydrogen-bond acceptors (Lipinski definition) is 3. The first-order valence-corrected chi connectivity index (χ1v) is 6.46. The second-order valence-electron chi connectivity index (χ2n) is 3.45. The van der Waals surface area contributed by atoms with Gasteiger partial charge in [-0.1, -0.05) is 30.7 Å². The highest BCUT2D eigenvalue weighted by Gasteiger charge is 2.06. The van der Waals surface area contributed by atoms with Gasteiger partial charge in [0.05, 0.1) is 5.69 Å². The summed E-state index contributed by atoms with van der Waals surface area (Å²) in [4.78, 5) is 15.6. The van der Waals surface area contributed by atoms with Gasteiger partial charge in [-0.05, 0) is 12.1 Å². The third-order valence-corrected chi connectivity index (χ3v) is 3.22. The lowest BCUT2D eigenvalue weighted by Gasteiger charge is -1.98. The molecule has 2 aromatic rings. The van der Waals surface area contributed by atoms with Crippen molar-refractivity contribution in [2.75, 3.05) is 5.32 Å². The van der Waals surface area contributed by atoms with Gasteiger partial charge in [0.15, 0.2) is 5.13 Å². The number of thiazole rings is 1. The SMILES string of the molecule is CCC(=O)Nc1nc(-c2ccc(Cl)cc2)cs1. The smallest absolute Gasteiger partial charge is 0.225 e. The van der Waals surface area contributed by atoms with E-state index in [4.69, 9.17) is 11.6 Å². The van der Waals surface area contributed by atoms with Crippen LogP contribution in [0.25, 0.3) is 11.3 Å². The van der Waals surface area contributed by atoms with Crippen molar-refractivity contribution in [3.8, 4) is 11.3 Å². The summed E-state index contributed by atoms with van der Waals surface area (Å²) >= 11 is 7.23. The van der Waals surface area contributed by atoms with Crippen LogP contribution in [0.2, 0.25) is 5.02 Å². The van der Waals surface area contributed by atoms with Crippen LogP contribution in [0.3, 0.4) is 0 Å². The van der Waals surface area contributed by atoms with Crippen molar-refractivity contribution < 1.29 is 4.79 Å². The molecule has 0 aliphatic rings. The molecule has 17 heavy (non-hydrogen) atoms. The number of benzene rings is 1. The normalized spacial score (nSPS) is 10.2. The molecule has 1 aromatic heterocycles. The number of rotatable bonds is 3. The molecule has 0 saturated heterocycles. The van der Waals surface area contributed by atoms with Crippen LogP contribution in [-0.2, 0) is 4.79 Å². The first-order valence-electron chi connectivity index (χ1n) is 5.20. The predicted octanol–water partition coefficient (Wildman–Crippen LogP) is 3.81. The Kier molecular flexibility index (Phi) is 3.76. The lowest BCUT2D eigenvalue weighted by Crippen LogP contribution is -2.08. The molecular formula is C12H11ClN2OS. The maximum Gasteiger partial charge on any atom is 0.225 e. The van der Waals surface area contributed by atoms with E-state index in [1.807, 2.05) is 36.6 Å². The summed E-state index contributed by atoms with van der Waals surface area (Å²) in [6.07, 6.45) is 0.454. The number of amides is 1. The van der Waals surface area contributed by atoms with Gasteiger partial charge in [0.25, 0.3) is 0 Å². The fourth-order valence-corrected chi connectivity index (χ4v) is 2.15. The van der Waals surface area contributed by atoms with E-state index in [9.17, 15) is 4.79 Å². The van der Waals surface area contributed by atoms with E-state index in [-0.39, 0.29) is 5.91 Å². The molecule has 1 amide bonds. The Balaban J connectivity index is 2.18. The minimum atomic E-state index is -0.0259. The lowest BCUT2D eigenvalue weighted by atomic mass is 10.2. The van der Waals surface area contributed by atoms with Crippen LogP contribution < -0.4 is 5.32 Å². The summed E-state index contributed by atoms with van der Waals surface area (Å²) in [6.45, 7) is 1.81. The first kappa shape index (κ1) is 12.1. The molecule has 5 heteroatoms. The van der Waals surface area contributed by atoms with Crippen molar-refractivity contribution in [1.82, 2.24) is 4.98 Å². The molecule has 2 rings (SSSR count). The molecular weight excluding hydrogens is 256 g/mol. The molecule has 0 saturated carbocycles. The molecule has 88 valence electrons. The second kappa shape index (κ2) is 5.29. The summed E-state index contributed by atoms with van der Waals surface area (Å²) in [6, 6.07) is 7.45. The molecule has 1 aromatic carbocycles.